The number of rotatable bonds is 1. The molecule has 0 aromatic heterocycles. The summed E-state index contributed by atoms with van der Waals surface area (Å²) in [5.41, 5.74) is -1.06. The summed E-state index contributed by atoms with van der Waals surface area (Å²) in [4.78, 5) is 13.6. The Kier molecular flexibility index (Phi) is 3.58. The van der Waals surface area contributed by atoms with Crippen LogP contribution in [-0.4, -0.2) is 34.6 Å². The van der Waals surface area contributed by atoms with Crippen LogP contribution in [0.3, 0.4) is 0 Å². The zero-order valence-electron chi connectivity index (χ0n) is 11.0. The van der Waals surface area contributed by atoms with Gasteiger partial charge in [-0.25, -0.2) is 8.78 Å². The maximum atomic E-state index is 13.9. The Bertz CT molecular complexity index is 504. The van der Waals surface area contributed by atoms with E-state index in [-0.39, 0.29) is 5.56 Å². The number of aliphatic hydroxyl groups is 1. The molecule has 1 aromatic rings. The Hall–Kier alpha value is -1.49. The standard InChI is InChI=1S/C14H17F2NO2/c1-9-3-4-10(15)11(12(9)16)13(18)17-7-5-14(2,19)6-8-17/h3-4,19H,5-8H2,1-2H3. The topological polar surface area (TPSA) is 40.5 Å². The van der Waals surface area contributed by atoms with Crippen molar-refractivity contribution in [3.8, 4) is 0 Å². The highest BCUT2D eigenvalue weighted by atomic mass is 19.1. The van der Waals surface area contributed by atoms with Crippen molar-refractivity contribution in [1.29, 1.82) is 0 Å². The minimum atomic E-state index is -0.842. The maximum absolute atomic E-state index is 13.9. The number of carbonyl (C=O) groups is 1. The van der Waals surface area contributed by atoms with Crippen molar-refractivity contribution in [2.75, 3.05) is 13.1 Å². The third-order valence-corrected chi connectivity index (χ3v) is 3.63. The van der Waals surface area contributed by atoms with Crippen LogP contribution in [-0.2, 0) is 0 Å². The fraction of sp³-hybridized carbons (Fsp3) is 0.500. The number of nitrogens with zero attached hydrogens (tertiary/aromatic N) is 1. The first-order valence-corrected chi connectivity index (χ1v) is 6.28. The van der Waals surface area contributed by atoms with E-state index in [2.05, 4.69) is 0 Å². The van der Waals surface area contributed by atoms with Crippen molar-refractivity contribution < 1.29 is 18.7 Å². The van der Waals surface area contributed by atoms with Crippen LogP contribution in [0.4, 0.5) is 8.78 Å². The van der Waals surface area contributed by atoms with Crippen molar-refractivity contribution in [2.24, 2.45) is 0 Å². The van der Waals surface area contributed by atoms with Crippen molar-refractivity contribution in [2.45, 2.75) is 32.3 Å². The number of aryl methyl sites for hydroxylation is 1. The summed E-state index contributed by atoms with van der Waals surface area (Å²) in [6.07, 6.45) is 0.821. The molecule has 1 aliphatic rings. The number of likely N-dealkylation sites (tertiary alicyclic amines) is 1. The summed E-state index contributed by atoms with van der Waals surface area (Å²) in [5.74, 6) is -2.29. The molecule has 0 spiro atoms. The average molecular weight is 269 g/mol. The number of amides is 1. The summed E-state index contributed by atoms with van der Waals surface area (Å²) < 4.78 is 27.5. The minimum Gasteiger partial charge on any atom is -0.390 e. The lowest BCUT2D eigenvalue weighted by molar-refractivity contribution is -0.00226. The Balaban J connectivity index is 2.24. The highest BCUT2D eigenvalue weighted by Crippen LogP contribution is 2.24. The molecule has 3 nitrogen and oxygen atoms in total. The molecule has 19 heavy (non-hydrogen) atoms. The fourth-order valence-electron chi connectivity index (χ4n) is 2.20. The molecule has 1 heterocycles. The van der Waals surface area contributed by atoms with Crippen LogP contribution in [0.5, 0.6) is 0 Å². The van der Waals surface area contributed by atoms with Gasteiger partial charge in [-0.15, -0.1) is 0 Å². The second kappa shape index (κ2) is 4.89. The average Bonchev–Trinajstić information content (AvgIpc) is 2.34. The SMILES string of the molecule is Cc1ccc(F)c(C(=O)N2CCC(C)(O)CC2)c1F. The van der Waals surface area contributed by atoms with Crippen molar-refractivity contribution in [3.05, 3.63) is 34.9 Å². The zero-order valence-corrected chi connectivity index (χ0v) is 11.0. The molecular formula is C14H17F2NO2. The first-order valence-electron chi connectivity index (χ1n) is 6.28. The Labute approximate surface area is 110 Å². The van der Waals surface area contributed by atoms with Crippen LogP contribution < -0.4 is 0 Å². The van der Waals surface area contributed by atoms with Crippen LogP contribution in [0.2, 0.25) is 0 Å². The molecule has 0 saturated carbocycles. The van der Waals surface area contributed by atoms with E-state index in [1.807, 2.05) is 0 Å². The molecular weight excluding hydrogens is 252 g/mol. The van der Waals surface area contributed by atoms with E-state index in [4.69, 9.17) is 0 Å². The highest BCUT2D eigenvalue weighted by Gasteiger charge is 2.32. The molecule has 104 valence electrons. The predicted octanol–water partition coefficient (Wildman–Crippen LogP) is 2.26. The van der Waals surface area contributed by atoms with Crippen LogP contribution in [0, 0.1) is 18.6 Å². The lowest BCUT2D eigenvalue weighted by atomic mass is 9.93. The number of hydrogen-bond acceptors (Lipinski definition) is 2. The lowest BCUT2D eigenvalue weighted by Gasteiger charge is -2.35. The maximum Gasteiger partial charge on any atom is 0.259 e. The molecule has 1 fully saturated rings. The van der Waals surface area contributed by atoms with Gasteiger partial charge in [-0.2, -0.15) is 0 Å². The summed E-state index contributed by atoms with van der Waals surface area (Å²) in [7, 11) is 0. The van der Waals surface area contributed by atoms with Crippen molar-refractivity contribution in [3.63, 3.8) is 0 Å². The van der Waals surface area contributed by atoms with Gasteiger partial charge in [0.25, 0.3) is 5.91 Å². The van der Waals surface area contributed by atoms with E-state index in [9.17, 15) is 18.7 Å². The molecule has 2 rings (SSSR count). The molecule has 5 heteroatoms. The Morgan fingerprint density at radius 2 is 1.89 bits per heavy atom. The quantitative estimate of drug-likeness (QED) is 0.849. The molecule has 0 aliphatic carbocycles. The largest absolute Gasteiger partial charge is 0.390 e. The van der Waals surface area contributed by atoms with Gasteiger partial charge in [0.05, 0.1) is 5.60 Å². The van der Waals surface area contributed by atoms with Crippen molar-refractivity contribution in [1.82, 2.24) is 4.90 Å². The molecule has 1 aromatic carbocycles. The Morgan fingerprint density at radius 1 is 1.32 bits per heavy atom. The first-order chi connectivity index (χ1) is 8.82. The Morgan fingerprint density at radius 3 is 2.47 bits per heavy atom. The normalized spacial score (nSPS) is 18.5. The van der Waals surface area contributed by atoms with Crippen LogP contribution in [0.15, 0.2) is 12.1 Å². The lowest BCUT2D eigenvalue weighted by Crippen LogP contribution is -2.45. The highest BCUT2D eigenvalue weighted by molar-refractivity contribution is 5.95. The second-order valence-corrected chi connectivity index (χ2v) is 5.34. The summed E-state index contributed by atoms with van der Waals surface area (Å²) in [6.45, 7) is 3.80. The molecule has 0 atom stereocenters. The van der Waals surface area contributed by atoms with Crippen LogP contribution >= 0.6 is 0 Å². The van der Waals surface area contributed by atoms with E-state index >= 15 is 0 Å². The number of carbonyl (C=O) groups excluding carboxylic acids is 1. The summed E-state index contributed by atoms with van der Waals surface area (Å²) >= 11 is 0. The van der Waals surface area contributed by atoms with E-state index in [0.29, 0.717) is 25.9 Å². The van der Waals surface area contributed by atoms with Gasteiger partial charge in [-0.1, -0.05) is 6.07 Å². The number of piperidine rings is 1. The van der Waals surface area contributed by atoms with Gasteiger partial charge in [0, 0.05) is 13.1 Å². The third kappa shape index (κ3) is 2.76. The van der Waals surface area contributed by atoms with Crippen molar-refractivity contribution >= 4 is 5.91 Å². The van der Waals surface area contributed by atoms with Gasteiger partial charge in [0.2, 0.25) is 0 Å². The van der Waals surface area contributed by atoms with Gasteiger partial charge in [0.15, 0.2) is 0 Å². The number of benzene rings is 1. The van der Waals surface area contributed by atoms with Gasteiger partial charge < -0.3 is 10.0 Å². The minimum absolute atomic E-state index is 0.244. The summed E-state index contributed by atoms with van der Waals surface area (Å²) in [6, 6.07) is 2.41. The fourth-order valence-corrected chi connectivity index (χ4v) is 2.20. The predicted molar refractivity (Wildman–Crippen MR) is 66.9 cm³/mol. The second-order valence-electron chi connectivity index (χ2n) is 5.34. The van der Waals surface area contributed by atoms with Gasteiger partial charge in [-0.3, -0.25) is 4.79 Å². The molecule has 0 radical (unpaired) electrons. The summed E-state index contributed by atoms with van der Waals surface area (Å²) in [5, 5.41) is 9.81. The smallest absolute Gasteiger partial charge is 0.259 e. The van der Waals surface area contributed by atoms with E-state index in [1.165, 1.54) is 17.9 Å². The van der Waals surface area contributed by atoms with Crippen LogP contribution in [0.1, 0.15) is 35.7 Å². The van der Waals surface area contributed by atoms with E-state index in [1.54, 1.807) is 6.92 Å². The van der Waals surface area contributed by atoms with Gasteiger partial charge in [0.1, 0.15) is 17.2 Å². The zero-order chi connectivity index (χ0) is 14.2. The number of hydrogen-bond donors (Lipinski definition) is 1. The molecule has 1 aliphatic heterocycles. The van der Waals surface area contributed by atoms with Crippen LogP contribution in [0.25, 0.3) is 0 Å². The number of halogens is 2. The van der Waals surface area contributed by atoms with Gasteiger partial charge >= 0.3 is 0 Å². The molecule has 1 amide bonds. The molecule has 0 bridgehead atoms. The van der Waals surface area contributed by atoms with Gasteiger partial charge in [-0.05, 0) is 38.3 Å². The monoisotopic (exact) mass is 269 g/mol. The molecule has 1 N–H and O–H groups in total. The molecule has 1 saturated heterocycles. The van der Waals surface area contributed by atoms with E-state index < -0.39 is 28.7 Å². The third-order valence-electron chi connectivity index (χ3n) is 3.63. The first kappa shape index (κ1) is 13.9. The molecule has 0 unspecified atom stereocenters. The van der Waals surface area contributed by atoms with E-state index in [0.717, 1.165) is 6.07 Å².